The van der Waals surface area contributed by atoms with Gasteiger partial charge < -0.3 is 23.9 Å². The molecule has 2 heterocycles. The molecule has 1 aliphatic heterocycles. The minimum Gasteiger partial charge on any atom is -0.507 e. The van der Waals surface area contributed by atoms with Gasteiger partial charge in [-0.25, -0.2) is 0 Å². The molecule has 4 rings (SSSR count). The molecule has 3 aromatic rings. The Labute approximate surface area is 210 Å². The van der Waals surface area contributed by atoms with Crippen molar-refractivity contribution in [2.24, 2.45) is 5.92 Å². The van der Waals surface area contributed by atoms with Crippen LogP contribution in [-0.4, -0.2) is 35.4 Å². The standard InChI is InChI=1S/C29H31NO6/c1-17(2)16-35-22-13-11-20(14-18(22)3)27(31)25-26(24-12-10-19(4)36-24)30(29(33)28(25)32)15-21-8-6-7-9-23(21)34-5/h6-14,17,26,31H,15-16H2,1-5H3/b27-25+. The fourth-order valence-electron chi connectivity index (χ4n) is 4.33. The molecule has 1 fully saturated rings. The second-order valence-electron chi connectivity index (χ2n) is 9.37. The number of aryl methyl sites for hydroxylation is 2. The molecule has 2 aromatic carbocycles. The monoisotopic (exact) mass is 489 g/mol. The van der Waals surface area contributed by atoms with E-state index in [9.17, 15) is 14.7 Å². The van der Waals surface area contributed by atoms with Crippen molar-refractivity contribution in [1.82, 2.24) is 4.90 Å². The summed E-state index contributed by atoms with van der Waals surface area (Å²) in [4.78, 5) is 27.9. The van der Waals surface area contributed by atoms with Crippen molar-refractivity contribution in [1.29, 1.82) is 0 Å². The molecule has 7 heteroatoms. The van der Waals surface area contributed by atoms with E-state index in [1.165, 1.54) is 4.90 Å². The Kier molecular flexibility index (Phi) is 7.20. The van der Waals surface area contributed by atoms with Crippen molar-refractivity contribution >= 4 is 17.4 Å². The zero-order valence-electron chi connectivity index (χ0n) is 21.2. The molecule has 1 unspecified atom stereocenters. The van der Waals surface area contributed by atoms with Crippen molar-refractivity contribution in [3.63, 3.8) is 0 Å². The van der Waals surface area contributed by atoms with E-state index >= 15 is 0 Å². The smallest absolute Gasteiger partial charge is 0.296 e. The Morgan fingerprint density at radius 2 is 1.81 bits per heavy atom. The number of nitrogens with zero attached hydrogens (tertiary/aromatic N) is 1. The van der Waals surface area contributed by atoms with E-state index in [-0.39, 0.29) is 17.9 Å². The van der Waals surface area contributed by atoms with Gasteiger partial charge in [0.05, 0.1) is 25.8 Å². The molecule has 1 amide bonds. The van der Waals surface area contributed by atoms with Gasteiger partial charge in [0.1, 0.15) is 34.8 Å². The fraction of sp³-hybridized carbons (Fsp3) is 0.310. The number of ketones is 1. The number of aliphatic hydroxyl groups excluding tert-OH is 1. The molecular weight excluding hydrogens is 458 g/mol. The normalized spacial score (nSPS) is 17.2. The number of methoxy groups -OCH3 is 1. The van der Waals surface area contributed by atoms with Crippen molar-refractivity contribution in [3.05, 3.63) is 88.4 Å². The largest absolute Gasteiger partial charge is 0.507 e. The molecule has 1 atom stereocenters. The van der Waals surface area contributed by atoms with E-state index in [2.05, 4.69) is 13.8 Å². The minimum absolute atomic E-state index is 0.0144. The van der Waals surface area contributed by atoms with Crippen LogP contribution in [0.15, 0.2) is 64.6 Å². The van der Waals surface area contributed by atoms with Crippen LogP contribution in [-0.2, 0) is 16.1 Å². The van der Waals surface area contributed by atoms with Crippen LogP contribution >= 0.6 is 0 Å². The Morgan fingerprint density at radius 1 is 1.06 bits per heavy atom. The number of carbonyl (C=O) groups is 2. The zero-order valence-corrected chi connectivity index (χ0v) is 21.2. The second-order valence-corrected chi connectivity index (χ2v) is 9.37. The number of rotatable bonds is 8. The topological polar surface area (TPSA) is 89.2 Å². The van der Waals surface area contributed by atoms with Crippen LogP contribution in [0.25, 0.3) is 5.76 Å². The number of hydrogen-bond acceptors (Lipinski definition) is 6. The van der Waals surface area contributed by atoms with Crippen molar-refractivity contribution < 1.29 is 28.6 Å². The molecule has 36 heavy (non-hydrogen) atoms. The van der Waals surface area contributed by atoms with E-state index in [0.29, 0.717) is 41.1 Å². The van der Waals surface area contributed by atoms with Gasteiger partial charge in [-0.15, -0.1) is 0 Å². The maximum absolute atomic E-state index is 13.3. The van der Waals surface area contributed by atoms with Crippen LogP contribution in [0.4, 0.5) is 0 Å². The van der Waals surface area contributed by atoms with Gasteiger partial charge in [-0.05, 0) is 61.7 Å². The van der Waals surface area contributed by atoms with Crippen molar-refractivity contribution in [2.45, 2.75) is 40.3 Å². The average molecular weight is 490 g/mol. The molecule has 1 aliphatic rings. The summed E-state index contributed by atoms with van der Waals surface area (Å²) in [5.74, 6) is 0.972. The van der Waals surface area contributed by atoms with Crippen LogP contribution in [0.1, 0.15) is 48.1 Å². The van der Waals surface area contributed by atoms with Crippen LogP contribution in [0.5, 0.6) is 11.5 Å². The fourth-order valence-corrected chi connectivity index (χ4v) is 4.33. The third-order valence-corrected chi connectivity index (χ3v) is 6.12. The highest BCUT2D eigenvalue weighted by Crippen LogP contribution is 2.42. The van der Waals surface area contributed by atoms with E-state index in [4.69, 9.17) is 13.9 Å². The van der Waals surface area contributed by atoms with Gasteiger partial charge in [-0.3, -0.25) is 9.59 Å². The number of likely N-dealkylation sites (tertiary alicyclic amines) is 1. The molecule has 1 N–H and O–H groups in total. The summed E-state index contributed by atoms with van der Waals surface area (Å²) in [6, 6.07) is 15.1. The first kappa shape index (κ1) is 25.1. The lowest BCUT2D eigenvalue weighted by molar-refractivity contribution is -0.140. The van der Waals surface area contributed by atoms with Gasteiger partial charge in [-0.2, -0.15) is 0 Å². The highest BCUT2D eigenvalue weighted by Gasteiger charge is 2.47. The number of Topliss-reactive ketones (excluding diaryl/α,β-unsaturated/α-hetero) is 1. The maximum atomic E-state index is 13.3. The van der Waals surface area contributed by atoms with Crippen molar-refractivity contribution in [3.8, 4) is 11.5 Å². The quantitative estimate of drug-likeness (QED) is 0.253. The van der Waals surface area contributed by atoms with E-state index in [1.807, 2.05) is 25.1 Å². The van der Waals surface area contributed by atoms with Gasteiger partial charge in [0, 0.05) is 11.1 Å². The van der Waals surface area contributed by atoms with E-state index in [0.717, 1.165) is 11.1 Å². The average Bonchev–Trinajstić information content (AvgIpc) is 3.39. The molecule has 0 saturated carbocycles. The van der Waals surface area contributed by atoms with E-state index < -0.39 is 17.7 Å². The first-order chi connectivity index (χ1) is 17.2. The maximum Gasteiger partial charge on any atom is 0.296 e. The predicted molar refractivity (Wildman–Crippen MR) is 136 cm³/mol. The first-order valence-electron chi connectivity index (χ1n) is 11.9. The highest BCUT2D eigenvalue weighted by atomic mass is 16.5. The van der Waals surface area contributed by atoms with Crippen LogP contribution in [0, 0.1) is 19.8 Å². The lowest BCUT2D eigenvalue weighted by atomic mass is 9.98. The zero-order chi connectivity index (χ0) is 26.0. The Morgan fingerprint density at radius 3 is 2.44 bits per heavy atom. The number of amides is 1. The Balaban J connectivity index is 1.78. The highest BCUT2D eigenvalue weighted by molar-refractivity contribution is 6.46. The van der Waals surface area contributed by atoms with Crippen LogP contribution in [0.3, 0.4) is 0 Å². The molecule has 0 spiro atoms. The predicted octanol–water partition coefficient (Wildman–Crippen LogP) is 5.56. The van der Waals surface area contributed by atoms with E-state index in [1.54, 1.807) is 50.4 Å². The SMILES string of the molecule is COc1ccccc1CN1C(=O)C(=O)/C(=C(/O)c2ccc(OCC(C)C)c(C)c2)C1c1ccc(C)o1. The summed E-state index contributed by atoms with van der Waals surface area (Å²) in [6.45, 7) is 8.47. The summed E-state index contributed by atoms with van der Waals surface area (Å²) >= 11 is 0. The molecule has 7 nitrogen and oxygen atoms in total. The summed E-state index contributed by atoms with van der Waals surface area (Å²) in [5.41, 5.74) is 1.96. The summed E-state index contributed by atoms with van der Waals surface area (Å²) in [6.07, 6.45) is 0. The second kappa shape index (κ2) is 10.3. The van der Waals surface area contributed by atoms with Crippen LogP contribution in [0.2, 0.25) is 0 Å². The Bertz CT molecular complexity index is 1320. The molecule has 1 aromatic heterocycles. The number of aliphatic hydroxyl groups is 1. The van der Waals surface area contributed by atoms with Gasteiger partial charge in [0.25, 0.3) is 11.7 Å². The summed E-state index contributed by atoms with van der Waals surface area (Å²) in [5, 5.41) is 11.3. The first-order valence-corrected chi connectivity index (χ1v) is 11.9. The minimum atomic E-state index is -0.888. The number of carbonyl (C=O) groups excluding carboxylic acids is 2. The van der Waals surface area contributed by atoms with Gasteiger partial charge in [0.15, 0.2) is 0 Å². The number of benzene rings is 2. The number of hydrogen-bond donors (Lipinski definition) is 1. The molecule has 1 saturated heterocycles. The number of furan rings is 1. The van der Waals surface area contributed by atoms with Gasteiger partial charge >= 0.3 is 0 Å². The molecular formula is C29H31NO6. The summed E-state index contributed by atoms with van der Waals surface area (Å²) in [7, 11) is 1.55. The molecule has 188 valence electrons. The van der Waals surface area contributed by atoms with Gasteiger partial charge in [0.2, 0.25) is 0 Å². The number of para-hydroxylation sites is 1. The van der Waals surface area contributed by atoms with Crippen LogP contribution < -0.4 is 9.47 Å². The third kappa shape index (κ3) is 4.87. The van der Waals surface area contributed by atoms with Crippen molar-refractivity contribution in [2.75, 3.05) is 13.7 Å². The van der Waals surface area contributed by atoms with Gasteiger partial charge in [-0.1, -0.05) is 32.0 Å². The molecule has 0 bridgehead atoms. The lowest BCUT2D eigenvalue weighted by Crippen LogP contribution is -2.29. The lowest BCUT2D eigenvalue weighted by Gasteiger charge is -2.24. The Hall–Kier alpha value is -4.00. The molecule has 0 radical (unpaired) electrons. The third-order valence-electron chi connectivity index (χ3n) is 6.12. The number of ether oxygens (including phenoxy) is 2. The molecule has 0 aliphatic carbocycles. The summed E-state index contributed by atoms with van der Waals surface area (Å²) < 4.78 is 17.1.